The summed E-state index contributed by atoms with van der Waals surface area (Å²) in [5, 5.41) is 0. The zero-order valence-electron chi connectivity index (χ0n) is 10.1. The number of hydrogen-bond donors (Lipinski definition) is 0. The summed E-state index contributed by atoms with van der Waals surface area (Å²) in [6, 6.07) is 5.24. The molecule has 0 aliphatic heterocycles. The number of benzene rings is 1. The smallest absolute Gasteiger partial charge is 0.161 e. The normalized spacial score (nSPS) is 15.8. The van der Waals surface area contributed by atoms with Gasteiger partial charge >= 0.3 is 0 Å². The molecule has 0 unspecified atom stereocenters. The topological polar surface area (TPSA) is 35.5 Å². The molecule has 1 aromatic rings. The van der Waals surface area contributed by atoms with Crippen molar-refractivity contribution >= 4 is 6.29 Å². The minimum atomic E-state index is 0.618. The van der Waals surface area contributed by atoms with Crippen LogP contribution < -0.4 is 9.47 Å². The van der Waals surface area contributed by atoms with E-state index in [1.165, 1.54) is 25.7 Å². The first-order valence-corrected chi connectivity index (χ1v) is 6.09. The zero-order valence-corrected chi connectivity index (χ0v) is 10.1. The Labute approximate surface area is 102 Å². The van der Waals surface area contributed by atoms with Gasteiger partial charge in [-0.2, -0.15) is 0 Å². The van der Waals surface area contributed by atoms with E-state index < -0.39 is 0 Å². The van der Waals surface area contributed by atoms with E-state index in [-0.39, 0.29) is 0 Å². The fraction of sp³-hybridized carbons (Fsp3) is 0.500. The monoisotopic (exact) mass is 234 g/mol. The van der Waals surface area contributed by atoms with Gasteiger partial charge in [0, 0.05) is 5.56 Å². The van der Waals surface area contributed by atoms with Crippen LogP contribution in [0.1, 0.15) is 36.0 Å². The lowest BCUT2D eigenvalue weighted by molar-refractivity contribution is 0.112. The lowest BCUT2D eigenvalue weighted by atomic mass is 10.1. The Hall–Kier alpha value is -1.51. The van der Waals surface area contributed by atoms with Crippen molar-refractivity contribution in [2.45, 2.75) is 25.7 Å². The lowest BCUT2D eigenvalue weighted by Gasteiger charge is -2.14. The van der Waals surface area contributed by atoms with Crippen LogP contribution in [0.15, 0.2) is 18.2 Å². The van der Waals surface area contributed by atoms with Crippen LogP contribution in [0.25, 0.3) is 0 Å². The van der Waals surface area contributed by atoms with Gasteiger partial charge < -0.3 is 9.47 Å². The van der Waals surface area contributed by atoms with Crippen molar-refractivity contribution in [2.75, 3.05) is 13.7 Å². The molecule has 0 aromatic heterocycles. The maximum atomic E-state index is 10.7. The fourth-order valence-electron chi connectivity index (χ4n) is 2.26. The van der Waals surface area contributed by atoms with Crippen LogP contribution in [0.5, 0.6) is 11.5 Å². The first-order chi connectivity index (χ1) is 8.33. The van der Waals surface area contributed by atoms with Crippen LogP contribution in [0, 0.1) is 5.92 Å². The van der Waals surface area contributed by atoms with Gasteiger partial charge in [0.15, 0.2) is 11.5 Å². The van der Waals surface area contributed by atoms with Crippen molar-refractivity contribution in [1.82, 2.24) is 0 Å². The summed E-state index contributed by atoms with van der Waals surface area (Å²) in [7, 11) is 1.61. The van der Waals surface area contributed by atoms with E-state index >= 15 is 0 Å². The van der Waals surface area contributed by atoms with Gasteiger partial charge in [-0.1, -0.05) is 12.8 Å². The highest BCUT2D eigenvalue weighted by Gasteiger charge is 2.16. The van der Waals surface area contributed by atoms with Gasteiger partial charge in [-0.25, -0.2) is 0 Å². The molecule has 0 saturated heterocycles. The largest absolute Gasteiger partial charge is 0.493 e. The average Bonchev–Trinajstić information content (AvgIpc) is 2.89. The van der Waals surface area contributed by atoms with Gasteiger partial charge in [0.1, 0.15) is 6.29 Å². The van der Waals surface area contributed by atoms with Crippen LogP contribution in [-0.4, -0.2) is 20.0 Å². The molecule has 0 atom stereocenters. The third-order valence-corrected chi connectivity index (χ3v) is 3.27. The first kappa shape index (κ1) is 12.0. The quantitative estimate of drug-likeness (QED) is 0.734. The molecular weight excluding hydrogens is 216 g/mol. The number of aldehydes is 1. The number of methoxy groups -OCH3 is 1. The standard InChI is InChI=1S/C14H18O3/c1-16-13-7-6-12(9-15)8-14(13)17-10-11-4-2-3-5-11/h6-9,11H,2-5,10H2,1H3. The van der Waals surface area contributed by atoms with Crippen LogP contribution in [0.2, 0.25) is 0 Å². The average molecular weight is 234 g/mol. The van der Waals surface area contributed by atoms with Gasteiger partial charge in [-0.3, -0.25) is 4.79 Å². The van der Waals surface area contributed by atoms with E-state index in [2.05, 4.69) is 0 Å². The second kappa shape index (κ2) is 5.71. The Morgan fingerprint density at radius 2 is 2.06 bits per heavy atom. The highest BCUT2D eigenvalue weighted by Crippen LogP contribution is 2.30. The van der Waals surface area contributed by atoms with Crippen molar-refractivity contribution in [2.24, 2.45) is 5.92 Å². The van der Waals surface area contributed by atoms with Gasteiger partial charge in [-0.15, -0.1) is 0 Å². The molecule has 0 radical (unpaired) electrons. The van der Waals surface area contributed by atoms with Crippen molar-refractivity contribution in [3.63, 3.8) is 0 Å². The molecule has 1 aromatic carbocycles. The molecule has 1 aliphatic carbocycles. The third-order valence-electron chi connectivity index (χ3n) is 3.27. The van der Waals surface area contributed by atoms with E-state index in [4.69, 9.17) is 9.47 Å². The molecule has 0 heterocycles. The maximum absolute atomic E-state index is 10.7. The molecule has 0 bridgehead atoms. The molecule has 0 spiro atoms. The summed E-state index contributed by atoms with van der Waals surface area (Å²) < 4.78 is 11.0. The summed E-state index contributed by atoms with van der Waals surface area (Å²) in [5.41, 5.74) is 0.618. The predicted molar refractivity (Wildman–Crippen MR) is 65.8 cm³/mol. The maximum Gasteiger partial charge on any atom is 0.161 e. The van der Waals surface area contributed by atoms with E-state index in [0.29, 0.717) is 23.0 Å². The number of ether oxygens (including phenoxy) is 2. The van der Waals surface area contributed by atoms with E-state index in [0.717, 1.165) is 12.9 Å². The Balaban J connectivity index is 2.03. The van der Waals surface area contributed by atoms with E-state index in [1.54, 1.807) is 25.3 Å². The highest BCUT2D eigenvalue weighted by molar-refractivity contribution is 5.76. The molecule has 2 rings (SSSR count). The lowest BCUT2D eigenvalue weighted by Crippen LogP contribution is -2.08. The van der Waals surface area contributed by atoms with Crippen LogP contribution in [0.3, 0.4) is 0 Å². The van der Waals surface area contributed by atoms with E-state index in [9.17, 15) is 4.79 Å². The summed E-state index contributed by atoms with van der Waals surface area (Å²) >= 11 is 0. The molecular formula is C14H18O3. The summed E-state index contributed by atoms with van der Waals surface area (Å²) in [6.07, 6.45) is 5.92. The number of hydrogen-bond acceptors (Lipinski definition) is 3. The fourth-order valence-corrected chi connectivity index (χ4v) is 2.26. The van der Waals surface area contributed by atoms with Crippen molar-refractivity contribution in [1.29, 1.82) is 0 Å². The molecule has 1 aliphatic rings. The molecule has 1 saturated carbocycles. The highest BCUT2D eigenvalue weighted by atomic mass is 16.5. The Morgan fingerprint density at radius 1 is 1.29 bits per heavy atom. The molecule has 3 nitrogen and oxygen atoms in total. The first-order valence-electron chi connectivity index (χ1n) is 6.09. The minimum absolute atomic E-state index is 0.618. The SMILES string of the molecule is COc1ccc(C=O)cc1OCC1CCCC1. The number of carbonyl (C=O) groups is 1. The van der Waals surface area contributed by atoms with Gasteiger partial charge in [0.2, 0.25) is 0 Å². The van der Waals surface area contributed by atoms with Crippen LogP contribution >= 0.6 is 0 Å². The van der Waals surface area contributed by atoms with Crippen LogP contribution in [0.4, 0.5) is 0 Å². The zero-order chi connectivity index (χ0) is 12.1. The molecule has 92 valence electrons. The summed E-state index contributed by atoms with van der Waals surface area (Å²) in [5.74, 6) is 2.01. The second-order valence-electron chi connectivity index (χ2n) is 4.49. The summed E-state index contributed by atoms with van der Waals surface area (Å²) in [6.45, 7) is 0.721. The van der Waals surface area contributed by atoms with Crippen molar-refractivity contribution in [3.8, 4) is 11.5 Å². The van der Waals surface area contributed by atoms with Gasteiger partial charge in [0.25, 0.3) is 0 Å². The molecule has 0 N–H and O–H groups in total. The second-order valence-corrected chi connectivity index (χ2v) is 4.49. The Bertz CT molecular complexity index is 381. The predicted octanol–water partition coefficient (Wildman–Crippen LogP) is 3.08. The molecule has 17 heavy (non-hydrogen) atoms. The van der Waals surface area contributed by atoms with E-state index in [1.807, 2.05) is 0 Å². The third kappa shape index (κ3) is 2.99. The number of rotatable bonds is 5. The summed E-state index contributed by atoms with van der Waals surface area (Å²) in [4.78, 5) is 10.7. The van der Waals surface area contributed by atoms with Gasteiger partial charge in [-0.05, 0) is 37.0 Å². The molecule has 1 fully saturated rings. The van der Waals surface area contributed by atoms with Crippen LogP contribution in [-0.2, 0) is 0 Å². The van der Waals surface area contributed by atoms with Gasteiger partial charge in [0.05, 0.1) is 13.7 Å². The minimum Gasteiger partial charge on any atom is -0.493 e. The van der Waals surface area contributed by atoms with Crippen molar-refractivity contribution in [3.05, 3.63) is 23.8 Å². The molecule has 0 amide bonds. The number of carbonyl (C=O) groups excluding carboxylic acids is 1. The Morgan fingerprint density at radius 3 is 2.71 bits per heavy atom. The van der Waals surface area contributed by atoms with Crippen molar-refractivity contribution < 1.29 is 14.3 Å². The molecule has 3 heteroatoms. The Kier molecular flexibility index (Phi) is 4.02.